The summed E-state index contributed by atoms with van der Waals surface area (Å²) in [6, 6.07) is 11.4. The monoisotopic (exact) mass is 440 g/mol. The second kappa shape index (κ2) is 8.93. The van der Waals surface area contributed by atoms with Crippen LogP contribution < -0.4 is 4.74 Å². The number of furan rings is 1. The van der Waals surface area contributed by atoms with E-state index in [1.165, 1.54) is 0 Å². The number of ether oxygens (including phenoxy) is 1. The predicted octanol–water partition coefficient (Wildman–Crippen LogP) is 5.55. The van der Waals surface area contributed by atoms with Crippen LogP contribution in [-0.2, 0) is 12.3 Å². The summed E-state index contributed by atoms with van der Waals surface area (Å²) in [7, 11) is 1.69. The molecule has 0 aliphatic rings. The number of aromatic nitrogens is 4. The van der Waals surface area contributed by atoms with Crippen molar-refractivity contribution in [1.82, 2.24) is 19.7 Å². The van der Waals surface area contributed by atoms with Gasteiger partial charge in [-0.25, -0.2) is 0 Å². The molecule has 0 bridgehead atoms. The maximum absolute atomic E-state index is 6.05. The highest BCUT2D eigenvalue weighted by atomic mass is 35.5. The van der Waals surface area contributed by atoms with Crippen molar-refractivity contribution in [2.45, 2.75) is 31.3 Å². The summed E-state index contributed by atoms with van der Waals surface area (Å²) in [5, 5.41) is 10.4. The van der Waals surface area contributed by atoms with Crippen LogP contribution in [0.4, 0.5) is 0 Å². The number of aryl methyl sites for hydroxylation is 1. The van der Waals surface area contributed by atoms with E-state index in [4.69, 9.17) is 20.8 Å². The molecule has 4 aromatic rings. The normalized spacial score (nSPS) is 11.1. The number of benzene rings is 1. The second-order valence-corrected chi connectivity index (χ2v) is 8.19. The molecular formula is C22H21ClN4O2S. The van der Waals surface area contributed by atoms with Gasteiger partial charge in [-0.3, -0.25) is 9.55 Å². The molecule has 0 saturated heterocycles. The Labute approximate surface area is 184 Å². The first kappa shape index (κ1) is 20.5. The Morgan fingerprint density at radius 2 is 1.93 bits per heavy atom. The topological polar surface area (TPSA) is 66.0 Å². The third-order valence-corrected chi connectivity index (χ3v) is 6.03. The molecular weight excluding hydrogens is 420 g/mol. The van der Waals surface area contributed by atoms with E-state index < -0.39 is 0 Å². The number of halogens is 1. The molecule has 0 radical (unpaired) electrons. The van der Waals surface area contributed by atoms with Crippen LogP contribution in [0.2, 0.25) is 5.02 Å². The Hall–Kier alpha value is -2.77. The lowest BCUT2D eigenvalue weighted by molar-refractivity contribution is 0.407. The van der Waals surface area contributed by atoms with Crippen molar-refractivity contribution in [1.29, 1.82) is 0 Å². The van der Waals surface area contributed by atoms with Gasteiger partial charge in [-0.05, 0) is 50.2 Å². The van der Waals surface area contributed by atoms with Crippen LogP contribution in [-0.4, -0.2) is 26.9 Å². The van der Waals surface area contributed by atoms with E-state index in [0.717, 1.165) is 44.9 Å². The van der Waals surface area contributed by atoms with Crippen LogP contribution in [0.3, 0.4) is 0 Å². The van der Waals surface area contributed by atoms with E-state index in [-0.39, 0.29) is 0 Å². The van der Waals surface area contributed by atoms with E-state index >= 15 is 0 Å². The quantitative estimate of drug-likeness (QED) is 0.351. The number of hydrogen-bond acceptors (Lipinski definition) is 6. The number of hydrogen-bond donors (Lipinski definition) is 0. The molecule has 0 amide bonds. The second-order valence-electron chi connectivity index (χ2n) is 6.81. The number of methoxy groups -OCH3 is 1. The van der Waals surface area contributed by atoms with Crippen molar-refractivity contribution in [3.63, 3.8) is 0 Å². The molecule has 1 aromatic carbocycles. The maximum atomic E-state index is 6.05. The molecule has 0 aliphatic heterocycles. The van der Waals surface area contributed by atoms with Crippen molar-refractivity contribution in [2.24, 2.45) is 0 Å². The van der Waals surface area contributed by atoms with E-state index in [2.05, 4.69) is 15.2 Å². The first-order chi connectivity index (χ1) is 14.6. The van der Waals surface area contributed by atoms with Crippen LogP contribution in [0.1, 0.15) is 22.6 Å². The zero-order chi connectivity index (χ0) is 21.1. The highest BCUT2D eigenvalue weighted by molar-refractivity contribution is 7.98. The van der Waals surface area contributed by atoms with Gasteiger partial charge in [0.15, 0.2) is 11.0 Å². The third-order valence-electron chi connectivity index (χ3n) is 4.80. The molecule has 4 rings (SSSR count). The van der Waals surface area contributed by atoms with Gasteiger partial charge in [-0.2, -0.15) is 0 Å². The minimum atomic E-state index is 0.532. The Morgan fingerprint density at radius 3 is 2.63 bits per heavy atom. The molecule has 0 atom stereocenters. The van der Waals surface area contributed by atoms with Crippen LogP contribution in [0.25, 0.3) is 11.4 Å². The number of nitrogens with zero attached hydrogens (tertiary/aromatic N) is 4. The van der Waals surface area contributed by atoms with Crippen molar-refractivity contribution in [2.75, 3.05) is 7.11 Å². The van der Waals surface area contributed by atoms with Gasteiger partial charge in [0.1, 0.15) is 11.5 Å². The first-order valence-corrected chi connectivity index (χ1v) is 10.8. The number of thioether (sulfide) groups is 1. The Balaban J connectivity index is 1.65. The zero-order valence-electron chi connectivity index (χ0n) is 16.9. The highest BCUT2D eigenvalue weighted by Crippen LogP contribution is 2.31. The number of pyridine rings is 1. The van der Waals surface area contributed by atoms with E-state index in [9.17, 15) is 0 Å². The van der Waals surface area contributed by atoms with Crippen molar-refractivity contribution >= 4 is 23.4 Å². The Morgan fingerprint density at radius 1 is 1.13 bits per heavy atom. The van der Waals surface area contributed by atoms with Crippen molar-refractivity contribution in [3.8, 4) is 17.1 Å². The van der Waals surface area contributed by atoms with Crippen LogP contribution >= 0.6 is 23.4 Å². The molecule has 0 saturated carbocycles. The summed E-state index contributed by atoms with van der Waals surface area (Å²) in [6.07, 6.45) is 3.51. The van der Waals surface area contributed by atoms with E-state index in [1.807, 2.05) is 61.0 Å². The average Bonchev–Trinajstić information content (AvgIpc) is 3.39. The van der Waals surface area contributed by atoms with Gasteiger partial charge < -0.3 is 9.15 Å². The van der Waals surface area contributed by atoms with Crippen LogP contribution in [0.5, 0.6) is 5.75 Å². The molecule has 0 N–H and O–H groups in total. The van der Waals surface area contributed by atoms with Crippen LogP contribution in [0.15, 0.2) is 58.4 Å². The summed E-state index contributed by atoms with van der Waals surface area (Å²) in [5.41, 5.74) is 3.97. The fourth-order valence-electron chi connectivity index (χ4n) is 3.26. The summed E-state index contributed by atoms with van der Waals surface area (Å²) >= 11 is 7.63. The minimum absolute atomic E-state index is 0.532. The molecule has 0 aliphatic carbocycles. The molecule has 8 heteroatoms. The number of rotatable bonds is 7. The largest absolute Gasteiger partial charge is 0.496 e. The molecule has 30 heavy (non-hydrogen) atoms. The molecule has 6 nitrogen and oxygen atoms in total. The molecule has 154 valence electrons. The van der Waals surface area contributed by atoms with Crippen molar-refractivity contribution < 1.29 is 9.15 Å². The predicted molar refractivity (Wildman–Crippen MR) is 118 cm³/mol. The van der Waals surface area contributed by atoms with E-state index in [0.29, 0.717) is 17.3 Å². The van der Waals surface area contributed by atoms with Gasteiger partial charge in [0, 0.05) is 33.7 Å². The fourth-order valence-corrected chi connectivity index (χ4v) is 4.35. The van der Waals surface area contributed by atoms with Gasteiger partial charge in [-0.1, -0.05) is 23.4 Å². The molecule has 0 unspecified atom stereocenters. The zero-order valence-corrected chi connectivity index (χ0v) is 18.5. The van der Waals surface area contributed by atoms with Gasteiger partial charge in [0.05, 0.1) is 25.6 Å². The third kappa shape index (κ3) is 4.22. The molecule has 0 fully saturated rings. The SMILES string of the molecule is COc1c(C)cnc(CSc2nnc(-c3ccc(Cl)cc3)n2Cc2ccco2)c1C. The van der Waals surface area contributed by atoms with Gasteiger partial charge >= 0.3 is 0 Å². The summed E-state index contributed by atoms with van der Waals surface area (Å²) in [6.45, 7) is 4.56. The average molecular weight is 441 g/mol. The Kier molecular flexibility index (Phi) is 6.11. The molecule has 3 aromatic heterocycles. The van der Waals surface area contributed by atoms with Gasteiger partial charge in [-0.15, -0.1) is 10.2 Å². The lowest BCUT2D eigenvalue weighted by Crippen LogP contribution is -2.04. The molecule has 0 spiro atoms. The maximum Gasteiger partial charge on any atom is 0.192 e. The molecule has 3 heterocycles. The lowest BCUT2D eigenvalue weighted by Gasteiger charge is -2.12. The van der Waals surface area contributed by atoms with Gasteiger partial charge in [0.2, 0.25) is 0 Å². The smallest absolute Gasteiger partial charge is 0.192 e. The minimum Gasteiger partial charge on any atom is -0.496 e. The standard InChI is InChI=1S/C22H21ClN4O2S/c1-14-11-24-19(15(2)20(14)28-3)13-30-22-26-25-21(16-6-8-17(23)9-7-16)27(22)12-18-5-4-10-29-18/h4-11H,12-13H2,1-3H3. The summed E-state index contributed by atoms with van der Waals surface area (Å²) in [5.74, 6) is 3.12. The highest BCUT2D eigenvalue weighted by Gasteiger charge is 2.17. The fraction of sp³-hybridized carbons (Fsp3) is 0.227. The summed E-state index contributed by atoms with van der Waals surface area (Å²) < 4.78 is 13.1. The van der Waals surface area contributed by atoms with E-state index in [1.54, 1.807) is 25.1 Å². The van der Waals surface area contributed by atoms with Gasteiger partial charge in [0.25, 0.3) is 0 Å². The summed E-state index contributed by atoms with van der Waals surface area (Å²) in [4.78, 5) is 4.59. The van der Waals surface area contributed by atoms with Crippen molar-refractivity contribution in [3.05, 3.63) is 76.5 Å². The first-order valence-electron chi connectivity index (χ1n) is 9.40. The lowest BCUT2D eigenvalue weighted by atomic mass is 10.1. The van der Waals surface area contributed by atoms with Crippen LogP contribution in [0, 0.1) is 13.8 Å². The Bertz CT molecular complexity index is 1140.